The molecule has 1 heteroatoms. The van der Waals surface area contributed by atoms with Gasteiger partial charge in [-0.15, -0.1) is 0 Å². The summed E-state index contributed by atoms with van der Waals surface area (Å²) in [5.74, 6) is 0. The second kappa shape index (κ2) is 2.74. The number of hydrogen-bond acceptors (Lipinski definition) is 1. The molecule has 0 saturated heterocycles. The van der Waals surface area contributed by atoms with E-state index in [0.29, 0.717) is 0 Å². The molecule has 0 aromatic heterocycles. The molecule has 0 N–H and O–H groups in total. The third kappa shape index (κ3) is 1.33. The van der Waals surface area contributed by atoms with Gasteiger partial charge in [0.1, 0.15) is 0 Å². The molecule has 0 amide bonds. The van der Waals surface area contributed by atoms with Crippen molar-refractivity contribution in [2.24, 2.45) is 0 Å². The SMILES string of the molecule is S[C]1C=Cc2ccccc2C1. The van der Waals surface area contributed by atoms with Crippen LogP contribution in [-0.2, 0) is 6.42 Å². The van der Waals surface area contributed by atoms with Crippen molar-refractivity contribution in [3.05, 3.63) is 46.7 Å². The van der Waals surface area contributed by atoms with E-state index in [1.807, 2.05) is 0 Å². The Morgan fingerprint density at radius 3 is 2.82 bits per heavy atom. The van der Waals surface area contributed by atoms with Crippen LogP contribution < -0.4 is 0 Å². The van der Waals surface area contributed by atoms with Gasteiger partial charge in [0, 0.05) is 0 Å². The summed E-state index contributed by atoms with van der Waals surface area (Å²) in [6.45, 7) is 0. The Balaban J connectivity index is 2.46. The van der Waals surface area contributed by atoms with Gasteiger partial charge < -0.3 is 0 Å². The van der Waals surface area contributed by atoms with E-state index >= 15 is 0 Å². The highest BCUT2D eigenvalue weighted by atomic mass is 32.1. The van der Waals surface area contributed by atoms with E-state index in [2.05, 4.69) is 49.0 Å². The summed E-state index contributed by atoms with van der Waals surface area (Å²) in [4.78, 5) is 0. The first kappa shape index (κ1) is 6.99. The van der Waals surface area contributed by atoms with Crippen molar-refractivity contribution in [2.75, 3.05) is 0 Å². The summed E-state index contributed by atoms with van der Waals surface area (Å²) >= 11 is 4.32. The summed E-state index contributed by atoms with van der Waals surface area (Å²) in [6.07, 6.45) is 5.16. The molecule has 55 valence electrons. The lowest BCUT2D eigenvalue weighted by atomic mass is 9.97. The first-order valence-corrected chi connectivity index (χ1v) is 4.12. The number of hydrogen-bond donors (Lipinski definition) is 1. The number of benzene rings is 1. The molecule has 11 heavy (non-hydrogen) atoms. The fraction of sp³-hybridized carbons (Fsp3) is 0.100. The van der Waals surface area contributed by atoms with Gasteiger partial charge in [0.25, 0.3) is 0 Å². The molecule has 1 aliphatic rings. The third-order valence-corrected chi connectivity index (χ3v) is 2.19. The van der Waals surface area contributed by atoms with Crippen molar-refractivity contribution in [1.29, 1.82) is 0 Å². The molecular formula is C10H9S. The van der Waals surface area contributed by atoms with E-state index in [9.17, 15) is 0 Å². The zero-order chi connectivity index (χ0) is 7.68. The van der Waals surface area contributed by atoms with Crippen LogP contribution in [0.15, 0.2) is 30.3 Å². The molecular weight excluding hydrogens is 152 g/mol. The smallest absolute Gasteiger partial charge is 0.0535 e. The second-order valence-corrected chi connectivity index (χ2v) is 3.27. The molecule has 0 saturated carbocycles. The molecule has 0 spiro atoms. The van der Waals surface area contributed by atoms with Gasteiger partial charge >= 0.3 is 0 Å². The van der Waals surface area contributed by atoms with Crippen LogP contribution in [0.1, 0.15) is 11.1 Å². The lowest BCUT2D eigenvalue weighted by molar-refractivity contribution is 1.14. The van der Waals surface area contributed by atoms with Crippen LogP contribution in [0.3, 0.4) is 0 Å². The molecule has 0 fully saturated rings. The van der Waals surface area contributed by atoms with E-state index < -0.39 is 0 Å². The van der Waals surface area contributed by atoms with Gasteiger partial charge in [-0.1, -0.05) is 36.4 Å². The van der Waals surface area contributed by atoms with Crippen molar-refractivity contribution in [2.45, 2.75) is 6.42 Å². The van der Waals surface area contributed by atoms with Crippen molar-refractivity contribution < 1.29 is 0 Å². The van der Waals surface area contributed by atoms with Gasteiger partial charge in [-0.05, 0) is 17.5 Å². The van der Waals surface area contributed by atoms with Gasteiger partial charge in [0.05, 0.1) is 5.25 Å². The molecule has 1 aliphatic carbocycles. The second-order valence-electron chi connectivity index (χ2n) is 2.70. The molecule has 0 aliphatic heterocycles. The van der Waals surface area contributed by atoms with E-state index in [4.69, 9.17) is 0 Å². The minimum Gasteiger partial charge on any atom is -0.166 e. The molecule has 1 aromatic carbocycles. The maximum Gasteiger partial charge on any atom is 0.0535 e. The Labute approximate surface area is 72.4 Å². The highest BCUT2D eigenvalue weighted by Crippen LogP contribution is 2.25. The molecule has 0 bridgehead atoms. The average molecular weight is 161 g/mol. The van der Waals surface area contributed by atoms with E-state index in [0.717, 1.165) is 11.7 Å². The summed E-state index contributed by atoms with van der Waals surface area (Å²) in [6, 6.07) is 8.41. The van der Waals surface area contributed by atoms with E-state index in [1.165, 1.54) is 11.1 Å². The van der Waals surface area contributed by atoms with Gasteiger partial charge in [-0.25, -0.2) is 0 Å². The first-order chi connectivity index (χ1) is 5.36. The summed E-state index contributed by atoms with van der Waals surface area (Å²) in [7, 11) is 0. The van der Waals surface area contributed by atoms with E-state index in [1.54, 1.807) is 0 Å². The lowest BCUT2D eigenvalue weighted by Crippen LogP contribution is -1.98. The Bertz CT molecular complexity index is 289. The first-order valence-electron chi connectivity index (χ1n) is 3.67. The fourth-order valence-electron chi connectivity index (χ4n) is 1.30. The maximum absolute atomic E-state index is 4.32. The predicted octanol–water partition coefficient (Wildman–Crippen LogP) is 2.72. The summed E-state index contributed by atoms with van der Waals surface area (Å²) in [5, 5.41) is 1.14. The standard InChI is InChI=1S/C10H9S/c11-10-6-5-8-3-1-2-4-9(8)7-10/h1-6,11H,7H2. The van der Waals surface area contributed by atoms with Gasteiger partial charge in [0.2, 0.25) is 0 Å². The molecule has 0 heterocycles. The zero-order valence-corrected chi connectivity index (χ0v) is 7.01. The Morgan fingerprint density at radius 1 is 1.09 bits per heavy atom. The van der Waals surface area contributed by atoms with Gasteiger partial charge in [-0.2, -0.15) is 12.6 Å². The van der Waals surface area contributed by atoms with Crippen LogP contribution in [0.2, 0.25) is 0 Å². The van der Waals surface area contributed by atoms with Crippen LogP contribution >= 0.6 is 12.6 Å². The lowest BCUT2D eigenvalue weighted by Gasteiger charge is -2.13. The van der Waals surface area contributed by atoms with Crippen LogP contribution in [0.25, 0.3) is 6.08 Å². The summed E-state index contributed by atoms with van der Waals surface area (Å²) in [5.41, 5.74) is 2.70. The molecule has 2 rings (SSSR count). The number of fused-ring (bicyclic) bond motifs is 1. The molecule has 0 atom stereocenters. The largest absolute Gasteiger partial charge is 0.166 e. The topological polar surface area (TPSA) is 0 Å². The fourth-order valence-corrected chi connectivity index (χ4v) is 1.54. The highest BCUT2D eigenvalue weighted by Gasteiger charge is 2.08. The minimum atomic E-state index is 0.982. The van der Waals surface area contributed by atoms with E-state index in [-0.39, 0.29) is 0 Å². The third-order valence-electron chi connectivity index (χ3n) is 1.88. The van der Waals surface area contributed by atoms with Crippen LogP contribution in [0.5, 0.6) is 0 Å². The Hall–Kier alpha value is -0.690. The van der Waals surface area contributed by atoms with Crippen molar-refractivity contribution in [3.63, 3.8) is 0 Å². The summed E-state index contributed by atoms with van der Waals surface area (Å²) < 4.78 is 0. The average Bonchev–Trinajstić information content (AvgIpc) is 2.04. The van der Waals surface area contributed by atoms with Crippen molar-refractivity contribution in [3.8, 4) is 0 Å². The predicted molar refractivity (Wildman–Crippen MR) is 51.4 cm³/mol. The van der Waals surface area contributed by atoms with Crippen molar-refractivity contribution in [1.82, 2.24) is 0 Å². The van der Waals surface area contributed by atoms with Gasteiger partial charge in [0.15, 0.2) is 0 Å². The van der Waals surface area contributed by atoms with Crippen LogP contribution in [0, 0.1) is 5.25 Å². The molecule has 0 unspecified atom stereocenters. The van der Waals surface area contributed by atoms with Crippen LogP contribution in [-0.4, -0.2) is 0 Å². The maximum atomic E-state index is 4.32. The monoisotopic (exact) mass is 161 g/mol. The van der Waals surface area contributed by atoms with Crippen molar-refractivity contribution >= 4 is 18.7 Å². The zero-order valence-electron chi connectivity index (χ0n) is 6.12. The van der Waals surface area contributed by atoms with Crippen LogP contribution in [0.4, 0.5) is 0 Å². The molecule has 0 nitrogen and oxygen atoms in total. The minimum absolute atomic E-state index is 0.982. The normalized spacial score (nSPS) is 16.5. The van der Waals surface area contributed by atoms with Gasteiger partial charge in [-0.3, -0.25) is 0 Å². The Morgan fingerprint density at radius 2 is 1.91 bits per heavy atom. The quantitative estimate of drug-likeness (QED) is 0.556. The number of thiol groups is 1. The Kier molecular flexibility index (Phi) is 1.74. The molecule has 1 aromatic rings. The highest BCUT2D eigenvalue weighted by molar-refractivity contribution is 7.83. The molecule has 1 radical (unpaired) electrons. The number of rotatable bonds is 0.